The minimum absolute atomic E-state index is 0.0637. The molecular formula is C8H19N. The lowest BCUT2D eigenvalue weighted by atomic mass is 9.90. The van der Waals surface area contributed by atoms with Crippen LogP contribution in [-0.2, 0) is 0 Å². The summed E-state index contributed by atoms with van der Waals surface area (Å²) in [4.78, 5) is 0. The Morgan fingerprint density at radius 1 is 1.44 bits per heavy atom. The zero-order valence-electron chi connectivity index (χ0n) is 7.07. The van der Waals surface area contributed by atoms with E-state index in [-0.39, 0.29) is 5.54 Å². The average Bonchev–Trinajstić information content (AvgIpc) is 1.63. The summed E-state index contributed by atoms with van der Waals surface area (Å²) in [5.74, 6) is 0.722. The topological polar surface area (TPSA) is 26.0 Å². The third-order valence-electron chi connectivity index (χ3n) is 1.68. The molecule has 2 N–H and O–H groups in total. The number of hydrogen-bond acceptors (Lipinski definition) is 1. The molecule has 1 nitrogen and oxygen atoms in total. The third-order valence-corrected chi connectivity index (χ3v) is 1.68. The summed E-state index contributed by atoms with van der Waals surface area (Å²) >= 11 is 0. The van der Waals surface area contributed by atoms with Crippen LogP contribution < -0.4 is 5.73 Å². The van der Waals surface area contributed by atoms with E-state index in [1.807, 2.05) is 0 Å². The van der Waals surface area contributed by atoms with Gasteiger partial charge in [-0.25, -0.2) is 0 Å². The van der Waals surface area contributed by atoms with E-state index in [9.17, 15) is 0 Å². The van der Waals surface area contributed by atoms with Crippen molar-refractivity contribution < 1.29 is 0 Å². The first-order valence-corrected chi connectivity index (χ1v) is 3.77. The number of nitrogens with two attached hydrogens (primary N) is 1. The van der Waals surface area contributed by atoms with E-state index in [2.05, 4.69) is 27.7 Å². The van der Waals surface area contributed by atoms with Gasteiger partial charge in [0.25, 0.3) is 0 Å². The van der Waals surface area contributed by atoms with Crippen molar-refractivity contribution in [1.29, 1.82) is 0 Å². The van der Waals surface area contributed by atoms with Crippen molar-refractivity contribution in [3.63, 3.8) is 0 Å². The Morgan fingerprint density at radius 3 is 2.00 bits per heavy atom. The molecule has 0 fully saturated rings. The van der Waals surface area contributed by atoms with Crippen LogP contribution >= 0.6 is 0 Å². The highest BCUT2D eigenvalue weighted by Gasteiger charge is 2.16. The van der Waals surface area contributed by atoms with E-state index in [0.29, 0.717) is 0 Å². The third kappa shape index (κ3) is 4.46. The first-order chi connectivity index (χ1) is 3.98. The maximum atomic E-state index is 5.92. The summed E-state index contributed by atoms with van der Waals surface area (Å²) in [6, 6.07) is 0. The van der Waals surface area contributed by atoms with E-state index < -0.39 is 0 Å². The van der Waals surface area contributed by atoms with Crippen LogP contribution in [0.15, 0.2) is 0 Å². The largest absolute Gasteiger partial charge is 0.325 e. The molecule has 1 heteroatoms. The van der Waals surface area contributed by atoms with E-state index in [4.69, 9.17) is 5.73 Å². The highest BCUT2D eigenvalue weighted by atomic mass is 14.7. The standard InChI is InChI=1S/C8H19N/c1-5-8(4,9)6-7(2)3/h7H,5-6,9H2,1-4H3. The molecule has 0 rings (SSSR count). The van der Waals surface area contributed by atoms with Gasteiger partial charge < -0.3 is 5.73 Å². The Labute approximate surface area is 58.6 Å². The normalized spacial score (nSPS) is 18.0. The van der Waals surface area contributed by atoms with Crippen LogP contribution in [0.25, 0.3) is 0 Å². The van der Waals surface area contributed by atoms with Crippen molar-refractivity contribution >= 4 is 0 Å². The second kappa shape index (κ2) is 3.21. The number of rotatable bonds is 3. The van der Waals surface area contributed by atoms with Gasteiger partial charge in [-0.15, -0.1) is 0 Å². The maximum absolute atomic E-state index is 5.92. The Bertz CT molecular complexity index is 74.6. The van der Waals surface area contributed by atoms with Crippen molar-refractivity contribution in [2.45, 2.75) is 46.1 Å². The zero-order chi connectivity index (χ0) is 7.49. The average molecular weight is 129 g/mol. The monoisotopic (exact) mass is 129 g/mol. The fraction of sp³-hybridized carbons (Fsp3) is 1.00. The molecule has 56 valence electrons. The smallest absolute Gasteiger partial charge is 0.0125 e. The van der Waals surface area contributed by atoms with Crippen LogP contribution in [0.5, 0.6) is 0 Å². The van der Waals surface area contributed by atoms with Crippen molar-refractivity contribution in [3.05, 3.63) is 0 Å². The molecule has 0 aliphatic carbocycles. The van der Waals surface area contributed by atoms with E-state index in [1.165, 1.54) is 0 Å². The molecule has 0 bridgehead atoms. The molecular weight excluding hydrogens is 110 g/mol. The quantitative estimate of drug-likeness (QED) is 0.621. The molecule has 0 spiro atoms. The maximum Gasteiger partial charge on any atom is 0.0125 e. The lowest BCUT2D eigenvalue weighted by Gasteiger charge is -2.24. The van der Waals surface area contributed by atoms with Crippen molar-refractivity contribution in [3.8, 4) is 0 Å². The lowest BCUT2D eigenvalue weighted by molar-refractivity contribution is 0.359. The number of hydrogen-bond donors (Lipinski definition) is 1. The summed E-state index contributed by atoms with van der Waals surface area (Å²) in [6.07, 6.45) is 2.20. The van der Waals surface area contributed by atoms with Gasteiger partial charge in [0.15, 0.2) is 0 Å². The van der Waals surface area contributed by atoms with Crippen molar-refractivity contribution in [2.24, 2.45) is 11.7 Å². The molecule has 0 saturated heterocycles. The summed E-state index contributed by atoms with van der Waals surface area (Å²) in [5, 5.41) is 0. The minimum Gasteiger partial charge on any atom is -0.325 e. The van der Waals surface area contributed by atoms with Crippen LogP contribution in [-0.4, -0.2) is 5.54 Å². The lowest BCUT2D eigenvalue weighted by Crippen LogP contribution is -2.36. The minimum atomic E-state index is 0.0637. The van der Waals surface area contributed by atoms with Crippen molar-refractivity contribution in [1.82, 2.24) is 0 Å². The fourth-order valence-electron chi connectivity index (χ4n) is 1.08. The summed E-state index contributed by atoms with van der Waals surface area (Å²) in [5.41, 5.74) is 5.98. The summed E-state index contributed by atoms with van der Waals surface area (Å²) in [7, 11) is 0. The van der Waals surface area contributed by atoms with Gasteiger partial charge in [-0.3, -0.25) is 0 Å². The predicted molar refractivity (Wildman–Crippen MR) is 42.3 cm³/mol. The van der Waals surface area contributed by atoms with Crippen LogP contribution in [0.3, 0.4) is 0 Å². The van der Waals surface area contributed by atoms with Gasteiger partial charge in [-0.2, -0.15) is 0 Å². The Morgan fingerprint density at radius 2 is 1.89 bits per heavy atom. The van der Waals surface area contributed by atoms with Crippen LogP contribution in [0.2, 0.25) is 0 Å². The van der Waals surface area contributed by atoms with Gasteiger partial charge in [0, 0.05) is 5.54 Å². The highest BCUT2D eigenvalue weighted by molar-refractivity contribution is 4.77. The molecule has 0 aromatic carbocycles. The van der Waals surface area contributed by atoms with Gasteiger partial charge in [0.1, 0.15) is 0 Å². The van der Waals surface area contributed by atoms with E-state index >= 15 is 0 Å². The first kappa shape index (κ1) is 8.96. The second-order valence-corrected chi connectivity index (χ2v) is 3.61. The Hall–Kier alpha value is -0.0400. The van der Waals surface area contributed by atoms with Gasteiger partial charge in [-0.1, -0.05) is 20.8 Å². The summed E-state index contributed by atoms with van der Waals surface area (Å²) < 4.78 is 0. The zero-order valence-corrected chi connectivity index (χ0v) is 7.07. The molecule has 1 atom stereocenters. The van der Waals surface area contributed by atoms with Crippen LogP contribution in [0, 0.1) is 5.92 Å². The van der Waals surface area contributed by atoms with Gasteiger partial charge in [0.05, 0.1) is 0 Å². The Kier molecular flexibility index (Phi) is 3.20. The van der Waals surface area contributed by atoms with Crippen LogP contribution in [0.1, 0.15) is 40.5 Å². The Balaban J connectivity index is 3.58. The summed E-state index contributed by atoms with van der Waals surface area (Å²) in [6.45, 7) is 8.68. The van der Waals surface area contributed by atoms with Gasteiger partial charge in [-0.05, 0) is 25.7 Å². The molecule has 0 aromatic heterocycles. The molecule has 0 amide bonds. The molecule has 0 aliphatic heterocycles. The fourth-order valence-corrected chi connectivity index (χ4v) is 1.08. The SMILES string of the molecule is CCC(C)(N)CC(C)C. The molecule has 0 aliphatic rings. The van der Waals surface area contributed by atoms with E-state index in [0.717, 1.165) is 18.8 Å². The molecule has 0 aromatic rings. The highest BCUT2D eigenvalue weighted by Crippen LogP contribution is 2.15. The molecule has 0 heterocycles. The second-order valence-electron chi connectivity index (χ2n) is 3.61. The van der Waals surface area contributed by atoms with Gasteiger partial charge in [0.2, 0.25) is 0 Å². The first-order valence-electron chi connectivity index (χ1n) is 3.77. The van der Waals surface area contributed by atoms with E-state index in [1.54, 1.807) is 0 Å². The van der Waals surface area contributed by atoms with Crippen LogP contribution in [0.4, 0.5) is 0 Å². The molecule has 1 unspecified atom stereocenters. The molecule has 0 radical (unpaired) electrons. The van der Waals surface area contributed by atoms with Gasteiger partial charge >= 0.3 is 0 Å². The molecule has 0 saturated carbocycles. The predicted octanol–water partition coefficient (Wildman–Crippen LogP) is 2.16. The molecule has 9 heavy (non-hydrogen) atoms. The van der Waals surface area contributed by atoms with Crippen molar-refractivity contribution in [2.75, 3.05) is 0 Å².